The monoisotopic (exact) mass is 206 g/mol. The number of ether oxygens (including phenoxy) is 3. The molecule has 0 fully saturated rings. The van der Waals surface area contributed by atoms with E-state index in [2.05, 4.69) is 19.6 Å². The Bertz CT molecular complexity index is 177. The summed E-state index contributed by atoms with van der Waals surface area (Å²) >= 11 is 0. The highest BCUT2D eigenvalue weighted by Gasteiger charge is 2.22. The lowest BCUT2D eigenvalue weighted by atomic mass is 10.9. The zero-order valence-corrected chi connectivity index (χ0v) is 10.1. The van der Waals surface area contributed by atoms with Crippen molar-refractivity contribution in [2.24, 2.45) is 0 Å². The molecule has 0 N–H and O–H groups in total. The third-order valence-electron chi connectivity index (χ3n) is 1.12. The Kier molecular flexibility index (Phi) is 4.69. The summed E-state index contributed by atoms with van der Waals surface area (Å²) in [5.74, 6) is 0.578. The SMILES string of the molecule is COC(OC)=C(OC)O[Si](C)(C)C. The first-order chi connectivity index (χ1) is 5.94. The molecule has 0 aliphatic heterocycles. The van der Waals surface area contributed by atoms with Gasteiger partial charge in [0.05, 0.1) is 21.3 Å². The van der Waals surface area contributed by atoms with Crippen molar-refractivity contribution in [2.75, 3.05) is 21.3 Å². The first-order valence-corrected chi connectivity index (χ1v) is 7.40. The van der Waals surface area contributed by atoms with Gasteiger partial charge in [-0.15, -0.1) is 0 Å². The zero-order valence-electron chi connectivity index (χ0n) is 9.13. The van der Waals surface area contributed by atoms with Crippen molar-refractivity contribution in [3.8, 4) is 0 Å². The Hall–Kier alpha value is -0.843. The fourth-order valence-corrected chi connectivity index (χ4v) is 1.42. The van der Waals surface area contributed by atoms with Crippen LogP contribution in [-0.2, 0) is 18.6 Å². The molecule has 0 aromatic rings. The van der Waals surface area contributed by atoms with E-state index in [0.717, 1.165) is 0 Å². The van der Waals surface area contributed by atoms with E-state index in [1.165, 1.54) is 21.3 Å². The summed E-state index contributed by atoms with van der Waals surface area (Å²) < 4.78 is 20.4. The molecule has 0 rings (SSSR count). The minimum absolute atomic E-state index is 0.268. The summed E-state index contributed by atoms with van der Waals surface area (Å²) in [6.45, 7) is 6.15. The largest absolute Gasteiger partial charge is 0.515 e. The van der Waals surface area contributed by atoms with Crippen LogP contribution in [-0.4, -0.2) is 29.6 Å². The lowest BCUT2D eigenvalue weighted by Crippen LogP contribution is -2.26. The first-order valence-electron chi connectivity index (χ1n) is 4.00. The minimum Gasteiger partial charge on any atom is -0.515 e. The normalized spacial score (nSPS) is 10.3. The topological polar surface area (TPSA) is 36.9 Å². The summed E-state index contributed by atoms with van der Waals surface area (Å²) in [5, 5.41) is 0. The van der Waals surface area contributed by atoms with Gasteiger partial charge in [0, 0.05) is 0 Å². The van der Waals surface area contributed by atoms with E-state index in [-0.39, 0.29) is 5.95 Å². The number of rotatable bonds is 5. The summed E-state index contributed by atoms with van der Waals surface area (Å²) in [4.78, 5) is 0. The standard InChI is InChI=1S/C8H18O4Si/c1-9-7(10-2)8(11-3)12-13(4,5)6/h1-6H3. The van der Waals surface area contributed by atoms with E-state index < -0.39 is 8.32 Å². The van der Waals surface area contributed by atoms with Gasteiger partial charge >= 0.3 is 11.9 Å². The molecule has 0 aliphatic carbocycles. The number of hydrogen-bond donors (Lipinski definition) is 0. The van der Waals surface area contributed by atoms with Crippen LogP contribution in [0, 0.1) is 0 Å². The lowest BCUT2D eigenvalue weighted by molar-refractivity contribution is 0.0281. The van der Waals surface area contributed by atoms with Crippen LogP contribution in [0.2, 0.25) is 19.6 Å². The van der Waals surface area contributed by atoms with Gasteiger partial charge in [0.25, 0.3) is 0 Å². The lowest BCUT2D eigenvalue weighted by Gasteiger charge is -2.21. The molecule has 0 spiro atoms. The van der Waals surface area contributed by atoms with E-state index in [1.54, 1.807) is 0 Å². The summed E-state index contributed by atoms with van der Waals surface area (Å²) in [5.41, 5.74) is 0. The fourth-order valence-electron chi connectivity index (χ4n) is 0.695. The maximum absolute atomic E-state index is 5.58. The first kappa shape index (κ1) is 12.2. The van der Waals surface area contributed by atoms with Gasteiger partial charge in [-0.25, -0.2) is 0 Å². The molecular formula is C8H18O4Si. The second-order valence-corrected chi connectivity index (χ2v) is 7.83. The van der Waals surface area contributed by atoms with Crippen LogP contribution in [0.25, 0.3) is 0 Å². The highest BCUT2D eigenvalue weighted by Crippen LogP contribution is 2.15. The van der Waals surface area contributed by atoms with Gasteiger partial charge in [-0.1, -0.05) is 0 Å². The second-order valence-electron chi connectivity index (χ2n) is 3.40. The molecule has 0 unspecified atom stereocenters. The van der Waals surface area contributed by atoms with E-state index in [0.29, 0.717) is 5.95 Å². The van der Waals surface area contributed by atoms with E-state index in [4.69, 9.17) is 18.6 Å². The molecule has 0 heterocycles. The van der Waals surface area contributed by atoms with Gasteiger partial charge in [-0.05, 0) is 19.6 Å². The van der Waals surface area contributed by atoms with Gasteiger partial charge in [0.2, 0.25) is 8.32 Å². The predicted molar refractivity (Wildman–Crippen MR) is 52.5 cm³/mol. The Morgan fingerprint density at radius 1 is 0.769 bits per heavy atom. The van der Waals surface area contributed by atoms with E-state index >= 15 is 0 Å². The maximum Gasteiger partial charge on any atom is 0.362 e. The molecule has 0 amide bonds. The van der Waals surface area contributed by atoms with Crippen molar-refractivity contribution in [3.63, 3.8) is 0 Å². The Morgan fingerprint density at radius 3 is 1.38 bits per heavy atom. The van der Waals surface area contributed by atoms with Crippen LogP contribution < -0.4 is 0 Å². The Morgan fingerprint density at radius 2 is 1.15 bits per heavy atom. The molecule has 13 heavy (non-hydrogen) atoms. The minimum atomic E-state index is -1.68. The average Bonchev–Trinajstić information content (AvgIpc) is 2.02. The molecular weight excluding hydrogens is 188 g/mol. The number of hydrogen-bond acceptors (Lipinski definition) is 4. The van der Waals surface area contributed by atoms with Gasteiger partial charge < -0.3 is 18.6 Å². The van der Waals surface area contributed by atoms with Crippen molar-refractivity contribution in [2.45, 2.75) is 19.6 Å². The summed E-state index contributed by atoms with van der Waals surface area (Å²) in [6.07, 6.45) is 0. The Balaban J connectivity index is 4.57. The van der Waals surface area contributed by atoms with Crippen molar-refractivity contribution >= 4 is 8.32 Å². The summed E-state index contributed by atoms with van der Waals surface area (Å²) in [7, 11) is 2.85. The van der Waals surface area contributed by atoms with Crippen LogP contribution in [0.4, 0.5) is 0 Å². The Labute approximate surface area is 80.6 Å². The third kappa shape index (κ3) is 4.67. The van der Waals surface area contributed by atoms with Gasteiger partial charge in [0.15, 0.2) is 0 Å². The van der Waals surface area contributed by atoms with Crippen molar-refractivity contribution in [1.29, 1.82) is 0 Å². The van der Waals surface area contributed by atoms with Crippen LogP contribution in [0.15, 0.2) is 11.9 Å². The van der Waals surface area contributed by atoms with Crippen LogP contribution in [0.5, 0.6) is 0 Å². The van der Waals surface area contributed by atoms with Crippen molar-refractivity contribution in [3.05, 3.63) is 11.9 Å². The maximum atomic E-state index is 5.58. The quantitative estimate of drug-likeness (QED) is 0.508. The highest BCUT2D eigenvalue weighted by atomic mass is 28.4. The molecule has 0 aliphatic rings. The van der Waals surface area contributed by atoms with Gasteiger partial charge in [0.1, 0.15) is 0 Å². The van der Waals surface area contributed by atoms with Crippen molar-refractivity contribution in [1.82, 2.24) is 0 Å². The smallest absolute Gasteiger partial charge is 0.362 e. The molecule has 0 saturated heterocycles. The van der Waals surface area contributed by atoms with Crippen LogP contribution in [0.3, 0.4) is 0 Å². The second kappa shape index (κ2) is 5.01. The molecule has 0 aromatic carbocycles. The predicted octanol–water partition coefficient (Wildman–Crippen LogP) is 1.90. The van der Waals surface area contributed by atoms with Gasteiger partial charge in [-0.2, -0.15) is 0 Å². The number of methoxy groups -OCH3 is 3. The molecule has 4 nitrogen and oxygen atoms in total. The average molecular weight is 206 g/mol. The molecule has 0 aromatic heterocycles. The fraction of sp³-hybridized carbons (Fsp3) is 0.750. The molecule has 78 valence electrons. The molecule has 5 heteroatoms. The van der Waals surface area contributed by atoms with Crippen LogP contribution >= 0.6 is 0 Å². The zero-order chi connectivity index (χ0) is 10.5. The molecule has 0 atom stereocenters. The van der Waals surface area contributed by atoms with E-state index in [9.17, 15) is 0 Å². The molecule has 0 saturated carbocycles. The van der Waals surface area contributed by atoms with Crippen molar-refractivity contribution < 1.29 is 18.6 Å². The third-order valence-corrected chi connectivity index (χ3v) is 1.92. The van der Waals surface area contributed by atoms with E-state index in [1.807, 2.05) is 0 Å². The van der Waals surface area contributed by atoms with Gasteiger partial charge in [-0.3, -0.25) is 0 Å². The summed E-state index contributed by atoms with van der Waals surface area (Å²) in [6, 6.07) is 0. The highest BCUT2D eigenvalue weighted by molar-refractivity contribution is 6.69. The molecule has 0 bridgehead atoms. The molecule has 0 radical (unpaired) electrons. The van der Waals surface area contributed by atoms with Crippen LogP contribution in [0.1, 0.15) is 0 Å².